The first-order valence-corrected chi connectivity index (χ1v) is 10.1. The number of carbonyl (C=O) groups excluding carboxylic acids is 2. The standard InChI is InChI=1S/C19H29N5O3/c1-2-16(25)24-7-3-15-18(22-13-21-15)19(24)4-8-23(9-5-19)17(26)11-14-12-20-6-10-27-14/h13-14,20H,2-12H2,1H3,(H,21,22)/t14-/m0/s1. The third-order valence-electron chi connectivity index (χ3n) is 6.21. The van der Waals surface area contributed by atoms with E-state index in [-0.39, 0.29) is 23.5 Å². The van der Waals surface area contributed by atoms with Crippen LogP contribution in [0.2, 0.25) is 0 Å². The molecule has 3 aliphatic rings. The van der Waals surface area contributed by atoms with Gasteiger partial charge in [-0.25, -0.2) is 4.98 Å². The molecule has 1 aromatic heterocycles. The molecule has 27 heavy (non-hydrogen) atoms. The fourth-order valence-electron chi connectivity index (χ4n) is 4.74. The number of rotatable bonds is 3. The second-order valence-corrected chi connectivity index (χ2v) is 7.69. The molecule has 2 N–H and O–H groups in total. The lowest BCUT2D eigenvalue weighted by Gasteiger charge is -2.50. The number of fused-ring (bicyclic) bond motifs is 2. The molecule has 1 atom stereocenters. The minimum absolute atomic E-state index is 0.0343. The summed E-state index contributed by atoms with van der Waals surface area (Å²) in [6.07, 6.45) is 4.92. The molecule has 148 valence electrons. The molecule has 0 bridgehead atoms. The maximum atomic E-state index is 12.7. The van der Waals surface area contributed by atoms with Gasteiger partial charge in [0.2, 0.25) is 11.8 Å². The third-order valence-corrected chi connectivity index (χ3v) is 6.21. The summed E-state index contributed by atoms with van der Waals surface area (Å²) in [5.41, 5.74) is 1.76. The van der Waals surface area contributed by atoms with Crippen molar-refractivity contribution in [1.82, 2.24) is 25.1 Å². The summed E-state index contributed by atoms with van der Waals surface area (Å²) in [6.45, 7) is 6.18. The summed E-state index contributed by atoms with van der Waals surface area (Å²) in [5, 5.41) is 3.27. The highest BCUT2D eigenvalue weighted by Gasteiger charge is 2.48. The maximum absolute atomic E-state index is 12.7. The molecule has 1 aromatic rings. The molecular formula is C19H29N5O3. The summed E-state index contributed by atoms with van der Waals surface area (Å²) in [5.74, 6) is 0.315. The van der Waals surface area contributed by atoms with Crippen molar-refractivity contribution in [3.63, 3.8) is 0 Å². The van der Waals surface area contributed by atoms with E-state index >= 15 is 0 Å². The predicted octanol–water partition coefficient (Wildman–Crippen LogP) is 0.401. The van der Waals surface area contributed by atoms with Crippen LogP contribution in [0, 0.1) is 0 Å². The van der Waals surface area contributed by atoms with Gasteiger partial charge in [-0.2, -0.15) is 0 Å². The second-order valence-electron chi connectivity index (χ2n) is 7.69. The number of piperidine rings is 1. The van der Waals surface area contributed by atoms with Crippen molar-refractivity contribution >= 4 is 11.8 Å². The largest absolute Gasteiger partial charge is 0.375 e. The van der Waals surface area contributed by atoms with Gasteiger partial charge in [-0.1, -0.05) is 6.92 Å². The average Bonchev–Trinajstić information content (AvgIpc) is 3.19. The van der Waals surface area contributed by atoms with Crippen LogP contribution in [-0.2, 0) is 26.3 Å². The molecule has 8 heteroatoms. The van der Waals surface area contributed by atoms with E-state index in [1.54, 1.807) is 6.33 Å². The fourth-order valence-corrected chi connectivity index (χ4v) is 4.74. The Bertz CT molecular complexity index is 689. The number of morpholine rings is 1. The molecule has 0 radical (unpaired) electrons. The number of amides is 2. The van der Waals surface area contributed by atoms with Crippen LogP contribution < -0.4 is 5.32 Å². The van der Waals surface area contributed by atoms with Gasteiger partial charge in [-0.05, 0) is 12.8 Å². The number of aromatic amines is 1. The molecule has 0 saturated carbocycles. The van der Waals surface area contributed by atoms with Gasteiger partial charge in [0.1, 0.15) is 0 Å². The van der Waals surface area contributed by atoms with E-state index in [0.29, 0.717) is 32.5 Å². The molecule has 0 aliphatic carbocycles. The third kappa shape index (κ3) is 3.36. The lowest BCUT2D eigenvalue weighted by atomic mass is 9.78. The Kier molecular flexibility index (Phi) is 5.19. The van der Waals surface area contributed by atoms with Crippen LogP contribution in [0.4, 0.5) is 0 Å². The topological polar surface area (TPSA) is 90.6 Å². The number of imidazole rings is 1. The molecule has 4 rings (SSSR count). The van der Waals surface area contributed by atoms with Crippen LogP contribution in [0.25, 0.3) is 0 Å². The Morgan fingerprint density at radius 1 is 1.30 bits per heavy atom. The number of aromatic nitrogens is 2. The molecule has 0 aromatic carbocycles. The number of hydrogen-bond acceptors (Lipinski definition) is 5. The summed E-state index contributed by atoms with van der Waals surface area (Å²) in [4.78, 5) is 37.1. The van der Waals surface area contributed by atoms with E-state index in [4.69, 9.17) is 4.74 Å². The molecule has 0 unspecified atom stereocenters. The first-order valence-electron chi connectivity index (χ1n) is 10.1. The van der Waals surface area contributed by atoms with Crippen molar-refractivity contribution in [3.05, 3.63) is 17.7 Å². The van der Waals surface area contributed by atoms with Crippen molar-refractivity contribution in [2.45, 2.75) is 50.7 Å². The van der Waals surface area contributed by atoms with Crippen LogP contribution in [0.15, 0.2) is 6.33 Å². The van der Waals surface area contributed by atoms with E-state index < -0.39 is 0 Å². The Morgan fingerprint density at radius 3 is 2.81 bits per heavy atom. The van der Waals surface area contributed by atoms with Gasteiger partial charge in [0.15, 0.2) is 0 Å². The highest BCUT2D eigenvalue weighted by Crippen LogP contribution is 2.42. The zero-order chi connectivity index (χ0) is 18.9. The van der Waals surface area contributed by atoms with Crippen LogP contribution >= 0.6 is 0 Å². The second kappa shape index (κ2) is 7.59. The van der Waals surface area contributed by atoms with Gasteiger partial charge >= 0.3 is 0 Å². The summed E-state index contributed by atoms with van der Waals surface area (Å²) in [6, 6.07) is 0. The van der Waals surface area contributed by atoms with Crippen molar-refractivity contribution in [2.24, 2.45) is 0 Å². The number of likely N-dealkylation sites (tertiary alicyclic amines) is 1. The quantitative estimate of drug-likeness (QED) is 0.798. The molecule has 1 spiro atoms. The Balaban J connectivity index is 1.47. The number of ether oxygens (including phenoxy) is 1. The summed E-state index contributed by atoms with van der Waals surface area (Å²) >= 11 is 0. The van der Waals surface area contributed by atoms with Crippen LogP contribution in [0.5, 0.6) is 0 Å². The molecule has 3 aliphatic heterocycles. The van der Waals surface area contributed by atoms with Gasteiger partial charge in [-0.3, -0.25) is 9.59 Å². The average molecular weight is 375 g/mol. The number of H-pyrrole nitrogens is 1. The van der Waals surface area contributed by atoms with Crippen LogP contribution in [0.3, 0.4) is 0 Å². The van der Waals surface area contributed by atoms with Gasteiger partial charge in [0, 0.05) is 51.3 Å². The number of nitrogens with one attached hydrogen (secondary N) is 2. The van der Waals surface area contributed by atoms with Gasteiger partial charge in [-0.15, -0.1) is 0 Å². The first kappa shape index (κ1) is 18.4. The summed E-state index contributed by atoms with van der Waals surface area (Å²) in [7, 11) is 0. The Hall–Kier alpha value is -1.93. The fraction of sp³-hybridized carbons (Fsp3) is 0.737. The van der Waals surface area contributed by atoms with E-state index in [0.717, 1.165) is 50.3 Å². The monoisotopic (exact) mass is 375 g/mol. The lowest BCUT2D eigenvalue weighted by molar-refractivity contribution is -0.145. The molecule has 4 heterocycles. The van der Waals surface area contributed by atoms with E-state index in [1.165, 1.54) is 0 Å². The van der Waals surface area contributed by atoms with E-state index in [9.17, 15) is 9.59 Å². The lowest BCUT2D eigenvalue weighted by Crippen LogP contribution is -2.59. The molecule has 2 fully saturated rings. The van der Waals surface area contributed by atoms with Gasteiger partial charge in [0.05, 0.1) is 36.7 Å². The normalized spacial score (nSPS) is 24.7. The highest BCUT2D eigenvalue weighted by atomic mass is 16.5. The number of nitrogens with zero attached hydrogens (tertiary/aromatic N) is 3. The molecule has 2 amide bonds. The first-order chi connectivity index (χ1) is 13.1. The van der Waals surface area contributed by atoms with E-state index in [1.807, 2.05) is 16.7 Å². The van der Waals surface area contributed by atoms with Crippen molar-refractivity contribution in [3.8, 4) is 0 Å². The minimum Gasteiger partial charge on any atom is -0.375 e. The van der Waals surface area contributed by atoms with Crippen LogP contribution in [0.1, 0.15) is 44.0 Å². The van der Waals surface area contributed by atoms with Crippen molar-refractivity contribution in [1.29, 1.82) is 0 Å². The SMILES string of the molecule is CCC(=O)N1CCc2[nH]cnc2C12CCN(C(=O)C[C@H]1CNCCO1)CC2. The molecular weight excluding hydrogens is 346 g/mol. The highest BCUT2D eigenvalue weighted by molar-refractivity contribution is 5.78. The van der Waals surface area contributed by atoms with Gasteiger partial charge in [0.25, 0.3) is 0 Å². The van der Waals surface area contributed by atoms with Crippen LogP contribution in [-0.4, -0.2) is 77.0 Å². The Labute approximate surface area is 159 Å². The number of carbonyl (C=O) groups is 2. The minimum atomic E-state index is -0.375. The van der Waals surface area contributed by atoms with Gasteiger partial charge < -0.3 is 24.8 Å². The molecule has 2 saturated heterocycles. The summed E-state index contributed by atoms with van der Waals surface area (Å²) < 4.78 is 5.67. The van der Waals surface area contributed by atoms with Crippen molar-refractivity contribution in [2.75, 3.05) is 39.3 Å². The van der Waals surface area contributed by atoms with Crippen molar-refractivity contribution < 1.29 is 14.3 Å². The Morgan fingerprint density at radius 2 is 2.11 bits per heavy atom. The molecule has 8 nitrogen and oxygen atoms in total. The maximum Gasteiger partial charge on any atom is 0.225 e. The predicted molar refractivity (Wildman–Crippen MR) is 99.0 cm³/mol. The zero-order valence-electron chi connectivity index (χ0n) is 16.0. The smallest absolute Gasteiger partial charge is 0.225 e. The van der Waals surface area contributed by atoms with E-state index in [2.05, 4.69) is 15.3 Å². The zero-order valence-corrected chi connectivity index (χ0v) is 16.0. The number of hydrogen-bond donors (Lipinski definition) is 2.